The molecule has 6 heteroatoms. The first kappa shape index (κ1) is 17.6. The molecule has 1 saturated heterocycles. The van der Waals surface area contributed by atoms with Crippen molar-refractivity contribution in [3.63, 3.8) is 0 Å². The molecule has 0 atom stereocenters. The maximum atomic E-state index is 12.7. The summed E-state index contributed by atoms with van der Waals surface area (Å²) in [4.78, 5) is 31.9. The van der Waals surface area contributed by atoms with Crippen molar-refractivity contribution in [3.8, 4) is 0 Å². The Morgan fingerprint density at radius 3 is 2.48 bits per heavy atom. The number of nitrogens with zero attached hydrogens (tertiary/aromatic N) is 1. The fourth-order valence-corrected chi connectivity index (χ4v) is 4.13. The summed E-state index contributed by atoms with van der Waals surface area (Å²) in [5.41, 5.74) is 3.10. The summed E-state index contributed by atoms with van der Waals surface area (Å²) < 4.78 is 0. The third-order valence-corrected chi connectivity index (χ3v) is 5.75. The summed E-state index contributed by atoms with van der Waals surface area (Å²) in [5.74, 6) is 0.0353. The lowest BCUT2D eigenvalue weighted by atomic mass is 9.95. The van der Waals surface area contributed by atoms with Crippen LogP contribution < -0.4 is 15.9 Å². The topological polar surface area (TPSA) is 81.0 Å². The minimum absolute atomic E-state index is 0.00678. The van der Waals surface area contributed by atoms with Gasteiger partial charge in [0.05, 0.1) is 11.0 Å². The summed E-state index contributed by atoms with van der Waals surface area (Å²) >= 11 is 0. The second kappa shape index (κ2) is 7.13. The smallest absolute Gasteiger partial charge is 0.323 e. The molecule has 1 aliphatic heterocycles. The lowest BCUT2D eigenvalue weighted by Crippen LogP contribution is -2.38. The van der Waals surface area contributed by atoms with E-state index < -0.39 is 0 Å². The maximum absolute atomic E-state index is 12.7. The molecule has 0 unspecified atom stereocenters. The summed E-state index contributed by atoms with van der Waals surface area (Å²) in [6.07, 6.45) is 1.64. The first-order valence-corrected chi connectivity index (χ1v) is 9.92. The Kier molecular flexibility index (Phi) is 4.31. The van der Waals surface area contributed by atoms with Gasteiger partial charge in [0, 0.05) is 30.4 Å². The summed E-state index contributed by atoms with van der Waals surface area (Å²) in [6.45, 7) is 1.72. The number of aromatic amines is 2. The van der Waals surface area contributed by atoms with Crippen molar-refractivity contribution in [2.75, 3.05) is 23.3 Å². The molecular weight excluding hydrogens is 364 g/mol. The van der Waals surface area contributed by atoms with Crippen LogP contribution in [-0.2, 0) is 4.79 Å². The van der Waals surface area contributed by atoms with E-state index in [1.807, 2.05) is 6.07 Å². The van der Waals surface area contributed by atoms with Crippen LogP contribution in [0.4, 0.5) is 11.4 Å². The summed E-state index contributed by atoms with van der Waals surface area (Å²) in [5, 5.41) is 5.48. The van der Waals surface area contributed by atoms with Gasteiger partial charge in [-0.1, -0.05) is 30.3 Å². The summed E-state index contributed by atoms with van der Waals surface area (Å²) in [6, 6.07) is 20.3. The van der Waals surface area contributed by atoms with Crippen LogP contribution in [-0.4, -0.2) is 29.0 Å². The minimum Gasteiger partial charge on any atom is -0.371 e. The molecule has 1 aromatic heterocycles. The third kappa shape index (κ3) is 3.49. The monoisotopic (exact) mass is 386 g/mol. The predicted molar refractivity (Wildman–Crippen MR) is 116 cm³/mol. The van der Waals surface area contributed by atoms with Gasteiger partial charge in [-0.2, -0.15) is 0 Å². The van der Waals surface area contributed by atoms with Gasteiger partial charge in [0.1, 0.15) is 0 Å². The maximum Gasteiger partial charge on any atom is 0.323 e. The molecule has 1 aliphatic rings. The van der Waals surface area contributed by atoms with Crippen molar-refractivity contribution in [1.29, 1.82) is 0 Å². The molecule has 5 rings (SSSR count). The second-order valence-electron chi connectivity index (χ2n) is 7.62. The van der Waals surface area contributed by atoms with E-state index >= 15 is 0 Å². The molecule has 6 nitrogen and oxygen atoms in total. The van der Waals surface area contributed by atoms with E-state index in [0.717, 1.165) is 31.4 Å². The van der Waals surface area contributed by atoms with Gasteiger partial charge in [0.2, 0.25) is 5.91 Å². The van der Waals surface area contributed by atoms with Gasteiger partial charge >= 0.3 is 5.69 Å². The third-order valence-electron chi connectivity index (χ3n) is 5.75. The minimum atomic E-state index is -0.246. The molecule has 1 amide bonds. The first-order chi connectivity index (χ1) is 14.2. The van der Waals surface area contributed by atoms with E-state index in [9.17, 15) is 9.59 Å². The van der Waals surface area contributed by atoms with Crippen molar-refractivity contribution in [3.05, 3.63) is 71.1 Å². The Labute approximate surface area is 167 Å². The zero-order valence-corrected chi connectivity index (χ0v) is 15.9. The molecule has 4 aromatic rings. The number of imidazole rings is 1. The molecular formula is C23H22N4O2. The molecule has 3 aromatic carbocycles. The van der Waals surface area contributed by atoms with Crippen LogP contribution in [0, 0.1) is 5.92 Å². The predicted octanol–water partition coefficient (Wildman–Crippen LogP) is 3.86. The van der Waals surface area contributed by atoms with Crippen LogP contribution in [0.1, 0.15) is 12.8 Å². The van der Waals surface area contributed by atoms with Crippen LogP contribution in [0.2, 0.25) is 0 Å². The van der Waals surface area contributed by atoms with Crippen LogP contribution in [0.25, 0.3) is 21.8 Å². The number of anilines is 2. The molecule has 2 heterocycles. The van der Waals surface area contributed by atoms with Crippen LogP contribution in [0.15, 0.2) is 65.5 Å². The zero-order chi connectivity index (χ0) is 19.8. The molecule has 3 N–H and O–H groups in total. The molecule has 29 heavy (non-hydrogen) atoms. The Bertz CT molecular complexity index is 1250. The van der Waals surface area contributed by atoms with E-state index in [1.165, 1.54) is 16.5 Å². The van der Waals surface area contributed by atoms with Crippen molar-refractivity contribution >= 4 is 39.1 Å². The quantitative estimate of drug-likeness (QED) is 0.500. The van der Waals surface area contributed by atoms with Gasteiger partial charge in [-0.3, -0.25) is 4.79 Å². The van der Waals surface area contributed by atoms with Crippen molar-refractivity contribution in [2.45, 2.75) is 12.8 Å². The SMILES string of the molecule is O=C(Nc1ccc2[nH]c(=O)[nH]c2c1)C1CCN(c2ccc3ccccc3c2)CC1. The highest BCUT2D eigenvalue weighted by atomic mass is 16.2. The van der Waals surface area contributed by atoms with Gasteiger partial charge in [0.15, 0.2) is 0 Å². The lowest BCUT2D eigenvalue weighted by molar-refractivity contribution is -0.120. The van der Waals surface area contributed by atoms with E-state index in [2.05, 4.69) is 62.6 Å². The van der Waals surface area contributed by atoms with E-state index in [0.29, 0.717) is 11.2 Å². The fraction of sp³-hybridized carbons (Fsp3) is 0.217. The Hall–Kier alpha value is -3.54. The second-order valence-corrected chi connectivity index (χ2v) is 7.62. The number of nitrogens with one attached hydrogen (secondary N) is 3. The number of piperidine rings is 1. The number of hydrogen-bond donors (Lipinski definition) is 3. The largest absolute Gasteiger partial charge is 0.371 e. The number of hydrogen-bond acceptors (Lipinski definition) is 3. The molecule has 1 fully saturated rings. The van der Waals surface area contributed by atoms with Crippen LogP contribution >= 0.6 is 0 Å². The van der Waals surface area contributed by atoms with Gasteiger partial charge in [-0.05, 0) is 53.9 Å². The molecule has 0 bridgehead atoms. The van der Waals surface area contributed by atoms with Gasteiger partial charge in [-0.15, -0.1) is 0 Å². The number of H-pyrrole nitrogens is 2. The molecule has 146 valence electrons. The van der Waals surface area contributed by atoms with Crippen molar-refractivity contribution in [2.24, 2.45) is 5.92 Å². The van der Waals surface area contributed by atoms with Crippen LogP contribution in [0.5, 0.6) is 0 Å². The first-order valence-electron chi connectivity index (χ1n) is 9.92. The standard InChI is InChI=1S/C23H22N4O2/c28-22(24-18-6-8-20-21(14-18)26-23(29)25-20)16-9-11-27(12-10-16)19-7-5-15-3-1-2-4-17(15)13-19/h1-8,13-14,16H,9-12H2,(H,24,28)(H2,25,26,29). The Balaban J connectivity index is 1.24. The Morgan fingerprint density at radius 1 is 0.897 bits per heavy atom. The van der Waals surface area contributed by atoms with E-state index in [1.54, 1.807) is 12.1 Å². The lowest BCUT2D eigenvalue weighted by Gasteiger charge is -2.33. The zero-order valence-electron chi connectivity index (χ0n) is 15.9. The Morgan fingerprint density at radius 2 is 1.66 bits per heavy atom. The number of rotatable bonds is 3. The highest BCUT2D eigenvalue weighted by Crippen LogP contribution is 2.27. The van der Waals surface area contributed by atoms with Gasteiger partial charge in [0.25, 0.3) is 0 Å². The molecule has 0 saturated carbocycles. The fourth-order valence-electron chi connectivity index (χ4n) is 4.13. The molecule has 0 aliphatic carbocycles. The normalized spacial score (nSPS) is 15.1. The number of carbonyl (C=O) groups excluding carboxylic acids is 1. The average Bonchev–Trinajstić information content (AvgIpc) is 3.13. The highest BCUT2D eigenvalue weighted by Gasteiger charge is 2.25. The van der Waals surface area contributed by atoms with E-state index in [-0.39, 0.29) is 17.5 Å². The number of carbonyl (C=O) groups is 1. The van der Waals surface area contributed by atoms with Crippen molar-refractivity contribution in [1.82, 2.24) is 9.97 Å². The molecule has 0 radical (unpaired) electrons. The van der Waals surface area contributed by atoms with Crippen LogP contribution in [0.3, 0.4) is 0 Å². The van der Waals surface area contributed by atoms with Crippen molar-refractivity contribution < 1.29 is 4.79 Å². The summed E-state index contributed by atoms with van der Waals surface area (Å²) in [7, 11) is 0. The average molecular weight is 386 g/mol. The number of fused-ring (bicyclic) bond motifs is 2. The highest BCUT2D eigenvalue weighted by molar-refractivity contribution is 5.94. The number of aromatic nitrogens is 2. The molecule has 0 spiro atoms. The van der Waals surface area contributed by atoms with Gasteiger partial charge in [-0.25, -0.2) is 4.79 Å². The number of amides is 1. The van der Waals surface area contributed by atoms with E-state index in [4.69, 9.17) is 0 Å². The van der Waals surface area contributed by atoms with Gasteiger partial charge < -0.3 is 20.2 Å². The number of benzene rings is 3.